The second-order valence-corrected chi connectivity index (χ2v) is 5.62. The van der Waals surface area contributed by atoms with Crippen LogP contribution in [0.15, 0.2) is 24.3 Å². The zero-order chi connectivity index (χ0) is 14.1. The molecule has 0 spiro atoms. The van der Waals surface area contributed by atoms with Crippen molar-refractivity contribution >= 4 is 11.6 Å². The molecule has 0 saturated heterocycles. The summed E-state index contributed by atoms with van der Waals surface area (Å²) in [4.78, 5) is 4.39. The molecule has 1 aliphatic heterocycles. The van der Waals surface area contributed by atoms with Crippen LogP contribution < -0.4 is 4.74 Å². The molecule has 1 aromatic heterocycles. The van der Waals surface area contributed by atoms with E-state index in [9.17, 15) is 5.11 Å². The van der Waals surface area contributed by atoms with Gasteiger partial charge in [0.15, 0.2) is 11.5 Å². The number of aromatic hydroxyl groups is 1. The molecule has 1 N–H and O–H groups in total. The number of ether oxygens (including phenoxy) is 1. The molecule has 2 heterocycles. The Hall–Kier alpha value is -1.68. The smallest absolute Gasteiger partial charge is 0.203 e. The van der Waals surface area contributed by atoms with E-state index in [1.807, 2.05) is 6.07 Å². The van der Waals surface area contributed by atoms with Gasteiger partial charge in [-0.2, -0.15) is 0 Å². The van der Waals surface area contributed by atoms with Crippen molar-refractivity contribution in [3.63, 3.8) is 0 Å². The van der Waals surface area contributed by atoms with Crippen molar-refractivity contribution in [2.45, 2.75) is 32.9 Å². The maximum atomic E-state index is 9.70. The number of phenolic OH excluding ortho intramolecular Hbond substituents is 1. The number of hydrogen-bond acceptors (Lipinski definition) is 3. The largest absolute Gasteiger partial charge is 0.504 e. The molecule has 0 radical (unpaired) electrons. The SMILES string of the molecule is CC1CCn2c(Cl)nc(COc3ccccc3O)c2C1. The van der Waals surface area contributed by atoms with E-state index < -0.39 is 0 Å². The average molecular weight is 293 g/mol. The highest BCUT2D eigenvalue weighted by Crippen LogP contribution is 2.29. The molecule has 106 valence electrons. The fourth-order valence-electron chi connectivity index (χ4n) is 2.58. The minimum atomic E-state index is 0.139. The van der Waals surface area contributed by atoms with Crippen LogP contribution in [-0.4, -0.2) is 14.7 Å². The summed E-state index contributed by atoms with van der Waals surface area (Å²) in [6.45, 7) is 3.48. The Morgan fingerprint density at radius 1 is 1.45 bits per heavy atom. The molecule has 0 fully saturated rings. The van der Waals surface area contributed by atoms with Crippen LogP contribution in [0, 0.1) is 5.92 Å². The Labute approximate surface area is 123 Å². The number of rotatable bonds is 3. The minimum Gasteiger partial charge on any atom is -0.504 e. The molecular weight excluding hydrogens is 276 g/mol. The number of para-hydroxylation sites is 2. The predicted octanol–water partition coefficient (Wildman–Crippen LogP) is 3.40. The third-order valence-electron chi connectivity index (χ3n) is 3.73. The molecule has 1 aromatic carbocycles. The summed E-state index contributed by atoms with van der Waals surface area (Å²) in [6, 6.07) is 6.93. The fraction of sp³-hybridized carbons (Fsp3) is 0.400. The quantitative estimate of drug-likeness (QED) is 0.943. The topological polar surface area (TPSA) is 47.3 Å². The van der Waals surface area contributed by atoms with E-state index in [0.29, 0.717) is 23.6 Å². The number of benzene rings is 1. The van der Waals surface area contributed by atoms with Crippen molar-refractivity contribution in [1.82, 2.24) is 9.55 Å². The second kappa shape index (κ2) is 5.37. The molecule has 0 bridgehead atoms. The number of fused-ring (bicyclic) bond motifs is 1. The standard InChI is InChI=1S/C15H17ClN2O2/c1-10-6-7-18-12(8-10)11(17-15(18)16)9-20-14-5-3-2-4-13(14)19/h2-5,10,19H,6-9H2,1H3. The Kier molecular flexibility index (Phi) is 3.57. The van der Waals surface area contributed by atoms with Crippen LogP contribution in [0.2, 0.25) is 5.28 Å². The van der Waals surface area contributed by atoms with Gasteiger partial charge in [0.1, 0.15) is 12.3 Å². The van der Waals surface area contributed by atoms with Gasteiger partial charge in [0.05, 0.1) is 0 Å². The van der Waals surface area contributed by atoms with Gasteiger partial charge in [-0.15, -0.1) is 0 Å². The molecule has 0 aliphatic carbocycles. The van der Waals surface area contributed by atoms with Crippen LogP contribution in [0.5, 0.6) is 11.5 Å². The lowest BCUT2D eigenvalue weighted by Gasteiger charge is -2.21. The normalized spacial score (nSPS) is 17.8. The number of aromatic nitrogens is 2. The first kappa shape index (κ1) is 13.3. The van der Waals surface area contributed by atoms with Gasteiger partial charge in [-0.1, -0.05) is 19.1 Å². The lowest BCUT2D eigenvalue weighted by molar-refractivity contribution is 0.282. The van der Waals surface area contributed by atoms with E-state index in [-0.39, 0.29) is 5.75 Å². The van der Waals surface area contributed by atoms with Crippen molar-refractivity contribution in [1.29, 1.82) is 0 Å². The number of imidazole rings is 1. The average Bonchev–Trinajstić information content (AvgIpc) is 2.74. The van der Waals surface area contributed by atoms with Gasteiger partial charge in [0.25, 0.3) is 0 Å². The summed E-state index contributed by atoms with van der Waals surface area (Å²) in [7, 11) is 0. The monoisotopic (exact) mass is 292 g/mol. The second-order valence-electron chi connectivity index (χ2n) is 5.28. The molecule has 5 heteroatoms. The van der Waals surface area contributed by atoms with E-state index in [1.54, 1.807) is 18.2 Å². The maximum absolute atomic E-state index is 9.70. The Bertz CT molecular complexity index is 624. The first-order chi connectivity index (χ1) is 9.65. The minimum absolute atomic E-state index is 0.139. The summed E-state index contributed by atoms with van der Waals surface area (Å²) < 4.78 is 7.71. The third-order valence-corrected chi connectivity index (χ3v) is 4.01. The van der Waals surface area contributed by atoms with Crippen molar-refractivity contribution in [2.24, 2.45) is 5.92 Å². The summed E-state index contributed by atoms with van der Waals surface area (Å²) in [5.41, 5.74) is 2.02. The molecule has 1 unspecified atom stereocenters. The predicted molar refractivity (Wildman–Crippen MR) is 77.2 cm³/mol. The molecule has 0 amide bonds. The third kappa shape index (κ3) is 2.48. The zero-order valence-corrected chi connectivity index (χ0v) is 12.1. The Morgan fingerprint density at radius 2 is 2.25 bits per heavy atom. The first-order valence-corrected chi connectivity index (χ1v) is 7.17. The summed E-state index contributed by atoms with van der Waals surface area (Å²) in [5, 5.41) is 10.2. The fourth-order valence-corrected chi connectivity index (χ4v) is 2.87. The maximum Gasteiger partial charge on any atom is 0.203 e. The van der Waals surface area contributed by atoms with Crippen LogP contribution >= 0.6 is 11.6 Å². The highest BCUT2D eigenvalue weighted by molar-refractivity contribution is 6.28. The molecule has 0 saturated carbocycles. The molecular formula is C15H17ClN2O2. The van der Waals surface area contributed by atoms with E-state index >= 15 is 0 Å². The van der Waals surface area contributed by atoms with Crippen molar-refractivity contribution in [3.8, 4) is 11.5 Å². The van der Waals surface area contributed by atoms with Gasteiger partial charge in [-0.25, -0.2) is 4.98 Å². The lowest BCUT2D eigenvalue weighted by Crippen LogP contribution is -2.18. The first-order valence-electron chi connectivity index (χ1n) is 6.79. The molecule has 20 heavy (non-hydrogen) atoms. The molecule has 3 rings (SSSR count). The number of hydrogen-bond donors (Lipinski definition) is 1. The van der Waals surface area contributed by atoms with Crippen molar-refractivity contribution in [3.05, 3.63) is 40.9 Å². The van der Waals surface area contributed by atoms with Crippen LogP contribution in [-0.2, 0) is 19.6 Å². The van der Waals surface area contributed by atoms with Crippen LogP contribution in [0.3, 0.4) is 0 Å². The van der Waals surface area contributed by atoms with E-state index in [2.05, 4.69) is 16.5 Å². The number of nitrogens with zero attached hydrogens (tertiary/aromatic N) is 2. The van der Waals surface area contributed by atoms with Gasteiger partial charge < -0.3 is 14.4 Å². The van der Waals surface area contributed by atoms with Crippen molar-refractivity contribution in [2.75, 3.05) is 0 Å². The molecule has 1 atom stereocenters. The van der Waals surface area contributed by atoms with Gasteiger partial charge >= 0.3 is 0 Å². The molecule has 4 nitrogen and oxygen atoms in total. The van der Waals surface area contributed by atoms with Gasteiger partial charge in [-0.3, -0.25) is 0 Å². The summed E-state index contributed by atoms with van der Waals surface area (Å²) in [6.07, 6.45) is 2.10. The molecule has 2 aromatic rings. The van der Waals surface area contributed by atoms with Gasteiger partial charge in [0, 0.05) is 12.2 Å². The Balaban J connectivity index is 1.80. The Morgan fingerprint density at radius 3 is 3.05 bits per heavy atom. The summed E-state index contributed by atoms with van der Waals surface area (Å²) >= 11 is 6.17. The van der Waals surface area contributed by atoms with Crippen LogP contribution in [0.1, 0.15) is 24.7 Å². The van der Waals surface area contributed by atoms with Crippen LogP contribution in [0.4, 0.5) is 0 Å². The number of phenols is 1. The lowest BCUT2D eigenvalue weighted by atomic mass is 9.97. The van der Waals surface area contributed by atoms with Crippen LogP contribution in [0.25, 0.3) is 0 Å². The highest BCUT2D eigenvalue weighted by Gasteiger charge is 2.23. The van der Waals surface area contributed by atoms with E-state index in [4.69, 9.17) is 16.3 Å². The van der Waals surface area contributed by atoms with E-state index in [1.165, 1.54) is 0 Å². The molecule has 1 aliphatic rings. The zero-order valence-electron chi connectivity index (χ0n) is 11.3. The number of halogens is 1. The van der Waals surface area contributed by atoms with Gasteiger partial charge in [0.2, 0.25) is 5.28 Å². The summed E-state index contributed by atoms with van der Waals surface area (Å²) in [5.74, 6) is 1.24. The van der Waals surface area contributed by atoms with Crippen molar-refractivity contribution < 1.29 is 9.84 Å². The highest BCUT2D eigenvalue weighted by atomic mass is 35.5. The van der Waals surface area contributed by atoms with Gasteiger partial charge in [-0.05, 0) is 42.5 Å². The van der Waals surface area contributed by atoms with E-state index in [0.717, 1.165) is 30.8 Å².